The van der Waals surface area contributed by atoms with Gasteiger partial charge < -0.3 is 28.8 Å². The molecule has 6 nitrogen and oxygen atoms in total. The second kappa shape index (κ2) is 6.06. The molecule has 0 bridgehead atoms. The number of ether oxygens (including phenoxy) is 5. The topological polar surface area (TPSA) is 66.4 Å². The van der Waals surface area contributed by atoms with E-state index in [9.17, 15) is 5.11 Å². The van der Waals surface area contributed by atoms with E-state index in [0.717, 1.165) is 0 Å². The van der Waals surface area contributed by atoms with Crippen LogP contribution in [0.25, 0.3) is 0 Å². The summed E-state index contributed by atoms with van der Waals surface area (Å²) in [6.07, 6.45) is 1.11. The van der Waals surface area contributed by atoms with Crippen molar-refractivity contribution in [2.24, 2.45) is 0 Å². The Kier molecular flexibility index (Phi) is 4.25. The summed E-state index contributed by atoms with van der Waals surface area (Å²) in [5.41, 5.74) is -1.35. The maximum atomic E-state index is 10.9. The van der Waals surface area contributed by atoms with E-state index >= 15 is 0 Å². The van der Waals surface area contributed by atoms with Gasteiger partial charge in [-0.1, -0.05) is 29.8 Å². The molecular formula is C21H26O6. The van der Waals surface area contributed by atoms with Crippen LogP contribution >= 0.6 is 0 Å². The van der Waals surface area contributed by atoms with Crippen molar-refractivity contribution >= 4 is 0 Å². The summed E-state index contributed by atoms with van der Waals surface area (Å²) in [6.45, 7) is 7.75. The van der Waals surface area contributed by atoms with Gasteiger partial charge in [-0.3, -0.25) is 0 Å². The van der Waals surface area contributed by atoms with Crippen LogP contribution in [0.1, 0.15) is 40.5 Å². The van der Waals surface area contributed by atoms with Gasteiger partial charge >= 0.3 is 0 Å². The molecule has 2 aliphatic carbocycles. The normalized spacial score (nSPS) is 43.8. The van der Waals surface area contributed by atoms with E-state index in [1.165, 1.54) is 0 Å². The molecule has 2 fully saturated rings. The lowest BCUT2D eigenvalue weighted by Gasteiger charge is -2.32. The van der Waals surface area contributed by atoms with Crippen LogP contribution in [0.15, 0.2) is 11.6 Å². The van der Waals surface area contributed by atoms with Crippen LogP contribution in [-0.2, 0) is 23.7 Å². The van der Waals surface area contributed by atoms with Crippen molar-refractivity contribution in [2.45, 2.75) is 81.6 Å². The molecule has 2 aliphatic heterocycles. The van der Waals surface area contributed by atoms with E-state index in [4.69, 9.17) is 23.7 Å². The third kappa shape index (κ3) is 2.93. The maximum Gasteiger partial charge on any atom is 0.167 e. The van der Waals surface area contributed by atoms with Gasteiger partial charge in [0.05, 0.1) is 13.0 Å². The van der Waals surface area contributed by atoms with Crippen molar-refractivity contribution in [3.63, 3.8) is 0 Å². The van der Waals surface area contributed by atoms with Gasteiger partial charge in [-0.05, 0) is 34.1 Å². The summed E-state index contributed by atoms with van der Waals surface area (Å²) in [5.74, 6) is 10.9. The largest absolute Gasteiger partial charge is 0.377 e. The van der Waals surface area contributed by atoms with E-state index in [1.807, 2.05) is 33.8 Å². The third-order valence-corrected chi connectivity index (χ3v) is 5.57. The summed E-state index contributed by atoms with van der Waals surface area (Å²) in [5, 5.41) is 10.9. The lowest BCUT2D eigenvalue weighted by molar-refractivity contribution is -0.168. The van der Waals surface area contributed by atoms with Crippen molar-refractivity contribution in [3.8, 4) is 23.7 Å². The third-order valence-electron chi connectivity index (χ3n) is 5.57. The van der Waals surface area contributed by atoms with E-state index in [-0.39, 0.29) is 18.6 Å². The summed E-state index contributed by atoms with van der Waals surface area (Å²) in [4.78, 5) is 0. The SMILES string of the molecule is CO[C@@]1([C@@H]2COC(C)(C)O2)C#CC2=CC[C@H]3OC(C)(C)O[C@@]23[C@H](O)C#CC1. The number of hydrogen-bond donors (Lipinski definition) is 1. The molecule has 2 heterocycles. The monoisotopic (exact) mass is 374 g/mol. The van der Waals surface area contributed by atoms with E-state index in [2.05, 4.69) is 23.7 Å². The van der Waals surface area contributed by atoms with Gasteiger partial charge in [-0.25, -0.2) is 0 Å². The van der Waals surface area contributed by atoms with Crippen molar-refractivity contribution in [2.75, 3.05) is 13.7 Å². The molecule has 4 aliphatic rings. The van der Waals surface area contributed by atoms with Crippen molar-refractivity contribution in [1.29, 1.82) is 0 Å². The van der Waals surface area contributed by atoms with Gasteiger partial charge in [0.25, 0.3) is 0 Å². The first-order valence-corrected chi connectivity index (χ1v) is 9.28. The smallest absolute Gasteiger partial charge is 0.167 e. The minimum absolute atomic E-state index is 0.288. The van der Waals surface area contributed by atoms with Crippen LogP contribution in [0, 0.1) is 23.7 Å². The van der Waals surface area contributed by atoms with Gasteiger partial charge in [-0.15, -0.1) is 0 Å². The first-order valence-electron chi connectivity index (χ1n) is 9.28. The summed E-state index contributed by atoms with van der Waals surface area (Å²) < 4.78 is 29.7. The van der Waals surface area contributed by atoms with Crippen LogP contribution in [0.3, 0.4) is 0 Å². The summed E-state index contributed by atoms with van der Waals surface area (Å²) in [6, 6.07) is 0. The average Bonchev–Trinajstić information content (AvgIpc) is 3.20. The Hall–Kier alpha value is -1.38. The van der Waals surface area contributed by atoms with Crippen LogP contribution in [0.5, 0.6) is 0 Å². The fraction of sp³-hybridized carbons (Fsp3) is 0.714. The minimum Gasteiger partial charge on any atom is -0.377 e. The van der Waals surface area contributed by atoms with Gasteiger partial charge in [-0.2, -0.15) is 0 Å². The van der Waals surface area contributed by atoms with Crippen molar-refractivity contribution in [3.05, 3.63) is 11.6 Å². The molecule has 0 radical (unpaired) electrons. The Morgan fingerprint density at radius 3 is 2.56 bits per heavy atom. The van der Waals surface area contributed by atoms with Gasteiger partial charge in [0.15, 0.2) is 28.9 Å². The van der Waals surface area contributed by atoms with Gasteiger partial charge in [0.1, 0.15) is 12.2 Å². The highest BCUT2D eigenvalue weighted by Gasteiger charge is 2.61. The highest BCUT2D eigenvalue weighted by atomic mass is 16.8. The number of rotatable bonds is 2. The van der Waals surface area contributed by atoms with Crippen LogP contribution < -0.4 is 0 Å². The van der Waals surface area contributed by atoms with Crippen LogP contribution in [-0.4, -0.2) is 59.9 Å². The number of aliphatic hydroxyl groups is 1. The molecule has 0 aromatic heterocycles. The molecule has 2 saturated heterocycles. The fourth-order valence-electron chi connectivity index (χ4n) is 4.26. The van der Waals surface area contributed by atoms with Gasteiger partial charge in [0, 0.05) is 12.7 Å². The second-order valence-corrected chi connectivity index (χ2v) is 8.32. The lowest BCUT2D eigenvalue weighted by Crippen LogP contribution is -2.49. The zero-order valence-electron chi connectivity index (χ0n) is 16.4. The predicted molar refractivity (Wildman–Crippen MR) is 96.3 cm³/mol. The maximum absolute atomic E-state index is 10.9. The average molecular weight is 374 g/mol. The van der Waals surface area contributed by atoms with Crippen LogP contribution in [0.4, 0.5) is 0 Å². The molecule has 27 heavy (non-hydrogen) atoms. The molecule has 4 rings (SSSR count). The van der Waals surface area contributed by atoms with E-state index in [0.29, 0.717) is 18.6 Å². The van der Waals surface area contributed by atoms with Crippen molar-refractivity contribution < 1.29 is 28.8 Å². The standard InChI is InChI=1S/C21H26O6/c1-18(2)24-13-17(26-18)20(23-5)11-6-7-15(22)21-14(10-12-20)8-9-16(21)25-19(3,4)27-21/h8,15-17,22H,9,11,13H2,1-5H3/t15-,16-,17+,20-,21-/m1/s1. The summed E-state index contributed by atoms with van der Waals surface area (Å²) in [7, 11) is 1.60. The Labute approximate surface area is 160 Å². The Balaban J connectivity index is 1.76. The van der Waals surface area contributed by atoms with Crippen molar-refractivity contribution in [1.82, 2.24) is 0 Å². The zero-order chi connectivity index (χ0) is 19.5. The molecule has 5 atom stereocenters. The first kappa shape index (κ1) is 19.0. The summed E-state index contributed by atoms with van der Waals surface area (Å²) >= 11 is 0. The number of aliphatic hydroxyl groups excluding tert-OH is 1. The molecule has 6 heteroatoms. The van der Waals surface area contributed by atoms with E-state index in [1.54, 1.807) is 7.11 Å². The molecule has 0 amide bonds. The molecule has 0 aromatic rings. The number of hydrogen-bond acceptors (Lipinski definition) is 6. The second-order valence-electron chi connectivity index (χ2n) is 8.32. The Morgan fingerprint density at radius 1 is 1.15 bits per heavy atom. The molecule has 1 N–H and O–H groups in total. The molecule has 1 spiro atoms. The molecule has 146 valence electrons. The molecule has 0 saturated carbocycles. The lowest BCUT2D eigenvalue weighted by atomic mass is 9.87. The molecule has 0 aromatic carbocycles. The quantitative estimate of drug-likeness (QED) is 0.740. The van der Waals surface area contributed by atoms with E-state index < -0.39 is 28.9 Å². The van der Waals surface area contributed by atoms with Crippen LogP contribution in [0.2, 0.25) is 0 Å². The molecular weight excluding hydrogens is 348 g/mol. The fourth-order valence-corrected chi connectivity index (χ4v) is 4.26. The predicted octanol–water partition coefficient (Wildman–Crippen LogP) is 1.51. The Bertz CT molecular complexity index is 791. The molecule has 0 unspecified atom stereocenters. The number of methoxy groups -OCH3 is 1. The highest BCUT2D eigenvalue weighted by Crippen LogP contribution is 2.49. The van der Waals surface area contributed by atoms with Gasteiger partial charge in [0.2, 0.25) is 0 Å². The highest BCUT2D eigenvalue weighted by molar-refractivity contribution is 5.49. The minimum atomic E-state index is -1.07. The first-order chi connectivity index (χ1) is 12.6. The zero-order valence-corrected chi connectivity index (χ0v) is 16.4. The Morgan fingerprint density at radius 2 is 1.89 bits per heavy atom.